The van der Waals surface area contributed by atoms with Crippen molar-refractivity contribution in [3.8, 4) is 12.3 Å². The number of terminal acetylenes is 1. The molecule has 2 fully saturated rings. The number of hydrogen-bond donors (Lipinski definition) is 0. The molecule has 0 saturated carbocycles. The van der Waals surface area contributed by atoms with E-state index < -0.39 is 0 Å². The third-order valence-corrected chi connectivity index (χ3v) is 6.85. The average molecular weight is 448 g/mol. The van der Waals surface area contributed by atoms with Gasteiger partial charge in [0.2, 0.25) is 11.8 Å². The molecule has 2 amide bonds. The lowest BCUT2D eigenvalue weighted by Crippen LogP contribution is -2.59. The lowest BCUT2D eigenvalue weighted by atomic mass is 9.91. The molecule has 2 heterocycles. The predicted molar refractivity (Wildman–Crippen MR) is 127 cm³/mol. The summed E-state index contributed by atoms with van der Waals surface area (Å²) in [4.78, 5) is 31.1. The van der Waals surface area contributed by atoms with Crippen LogP contribution in [0.4, 0.5) is 0 Å². The molecule has 0 aromatic heterocycles. The Bertz CT molecular complexity index is 740. The SMILES string of the molecule is C#C/C(=C\C=C(/C)Cl)C(C)N1CCN(C(=O)CC2CCN(C(C)=O)CC2)[C@@H](C(C)C)C1. The van der Waals surface area contributed by atoms with Crippen molar-refractivity contribution in [3.05, 3.63) is 22.8 Å². The van der Waals surface area contributed by atoms with Crippen LogP contribution >= 0.6 is 11.6 Å². The highest BCUT2D eigenvalue weighted by Crippen LogP contribution is 2.26. The van der Waals surface area contributed by atoms with Gasteiger partial charge in [-0.15, -0.1) is 6.42 Å². The van der Waals surface area contributed by atoms with Gasteiger partial charge in [-0.25, -0.2) is 0 Å². The fourth-order valence-electron chi connectivity index (χ4n) is 4.59. The average Bonchev–Trinajstić information content (AvgIpc) is 2.73. The minimum Gasteiger partial charge on any atom is -0.343 e. The molecular weight excluding hydrogens is 410 g/mol. The zero-order chi connectivity index (χ0) is 23.1. The minimum atomic E-state index is 0.103. The summed E-state index contributed by atoms with van der Waals surface area (Å²) in [5, 5.41) is 0.699. The number of nitrogens with zero attached hydrogens (tertiary/aromatic N) is 3. The summed E-state index contributed by atoms with van der Waals surface area (Å²) >= 11 is 5.96. The molecule has 31 heavy (non-hydrogen) atoms. The van der Waals surface area contributed by atoms with Gasteiger partial charge in [0.1, 0.15) is 0 Å². The zero-order valence-electron chi connectivity index (χ0n) is 19.7. The van der Waals surface area contributed by atoms with Crippen molar-refractivity contribution in [1.29, 1.82) is 0 Å². The summed E-state index contributed by atoms with van der Waals surface area (Å²) in [6.45, 7) is 13.8. The molecule has 6 heteroatoms. The largest absolute Gasteiger partial charge is 0.343 e. The summed E-state index contributed by atoms with van der Waals surface area (Å²) in [5.41, 5.74) is 0.902. The monoisotopic (exact) mass is 447 g/mol. The van der Waals surface area contributed by atoms with Crippen LogP contribution in [0.2, 0.25) is 0 Å². The van der Waals surface area contributed by atoms with Gasteiger partial charge in [-0.3, -0.25) is 14.5 Å². The standard InChI is InChI=1S/C25H38ClN3O2/c1-7-23(9-8-19(4)26)20(5)28-14-15-29(24(17-28)18(2)3)25(31)16-22-10-12-27(13-11-22)21(6)30/h1,8-9,18,20,22,24H,10-17H2,2-6H3/b19-8+,23-9+/t20?,24-/m1/s1. The topological polar surface area (TPSA) is 43.9 Å². The number of amides is 2. The van der Waals surface area contributed by atoms with Gasteiger partial charge in [-0.1, -0.05) is 31.4 Å². The van der Waals surface area contributed by atoms with Crippen LogP contribution in [-0.2, 0) is 9.59 Å². The number of carbonyl (C=O) groups is 2. The van der Waals surface area contributed by atoms with Gasteiger partial charge in [-0.05, 0) is 50.7 Å². The predicted octanol–water partition coefficient (Wildman–Crippen LogP) is 3.89. The van der Waals surface area contributed by atoms with Gasteiger partial charge < -0.3 is 9.80 Å². The van der Waals surface area contributed by atoms with Crippen LogP contribution in [0.25, 0.3) is 0 Å². The van der Waals surface area contributed by atoms with Crippen LogP contribution in [0, 0.1) is 24.2 Å². The number of piperazine rings is 1. The molecule has 0 spiro atoms. The smallest absolute Gasteiger partial charge is 0.223 e. The third-order valence-electron chi connectivity index (χ3n) is 6.72. The number of allylic oxidation sites excluding steroid dienone is 3. The fourth-order valence-corrected chi connectivity index (χ4v) is 4.65. The second-order valence-electron chi connectivity index (χ2n) is 9.24. The van der Waals surface area contributed by atoms with E-state index in [0.717, 1.165) is 51.1 Å². The van der Waals surface area contributed by atoms with E-state index in [2.05, 4.69) is 36.5 Å². The van der Waals surface area contributed by atoms with Crippen LogP contribution in [-0.4, -0.2) is 71.3 Å². The van der Waals surface area contributed by atoms with E-state index in [1.54, 1.807) is 6.92 Å². The van der Waals surface area contributed by atoms with Gasteiger partial charge in [0.05, 0.1) is 0 Å². The second kappa shape index (κ2) is 11.7. The Kier molecular flexibility index (Phi) is 9.65. The molecule has 2 saturated heterocycles. The van der Waals surface area contributed by atoms with Crippen LogP contribution in [0.15, 0.2) is 22.8 Å². The number of halogens is 1. The van der Waals surface area contributed by atoms with Gasteiger partial charge in [0.25, 0.3) is 0 Å². The molecule has 0 aromatic carbocycles. The van der Waals surface area contributed by atoms with E-state index >= 15 is 0 Å². The highest BCUT2D eigenvalue weighted by atomic mass is 35.5. The van der Waals surface area contributed by atoms with Crippen molar-refractivity contribution in [2.24, 2.45) is 11.8 Å². The Labute approximate surface area is 193 Å². The van der Waals surface area contributed by atoms with Gasteiger partial charge in [0, 0.05) is 68.8 Å². The first-order chi connectivity index (χ1) is 14.6. The molecule has 0 aromatic rings. The van der Waals surface area contributed by atoms with Gasteiger partial charge >= 0.3 is 0 Å². The maximum atomic E-state index is 13.2. The highest BCUT2D eigenvalue weighted by Gasteiger charge is 2.35. The summed E-state index contributed by atoms with van der Waals surface area (Å²) in [5.74, 6) is 3.92. The number of likely N-dealkylation sites (tertiary alicyclic amines) is 1. The first kappa shape index (κ1) is 25.5. The number of piperidine rings is 1. The second-order valence-corrected chi connectivity index (χ2v) is 9.84. The zero-order valence-corrected chi connectivity index (χ0v) is 20.5. The summed E-state index contributed by atoms with van der Waals surface area (Å²) in [7, 11) is 0. The molecule has 172 valence electrons. The molecule has 1 unspecified atom stereocenters. The van der Waals surface area contributed by atoms with E-state index in [1.807, 2.05) is 24.0 Å². The Balaban J connectivity index is 2.01. The van der Waals surface area contributed by atoms with Crippen LogP contribution in [0.1, 0.15) is 53.9 Å². The Morgan fingerprint density at radius 3 is 2.26 bits per heavy atom. The molecule has 2 rings (SSSR count). The molecule has 2 atom stereocenters. The molecule has 0 aliphatic carbocycles. The van der Waals surface area contributed by atoms with Crippen molar-refractivity contribution >= 4 is 23.4 Å². The summed E-state index contributed by atoms with van der Waals surface area (Å²) in [6.07, 6.45) is 11.9. The first-order valence-electron chi connectivity index (χ1n) is 11.4. The lowest BCUT2D eigenvalue weighted by Gasteiger charge is -2.46. The van der Waals surface area contributed by atoms with E-state index in [1.165, 1.54) is 0 Å². The van der Waals surface area contributed by atoms with Crippen molar-refractivity contribution in [2.75, 3.05) is 32.7 Å². The van der Waals surface area contributed by atoms with Crippen LogP contribution in [0.3, 0.4) is 0 Å². The van der Waals surface area contributed by atoms with E-state index in [0.29, 0.717) is 23.3 Å². The van der Waals surface area contributed by atoms with Crippen molar-refractivity contribution in [1.82, 2.24) is 14.7 Å². The molecule has 2 aliphatic heterocycles. The van der Waals surface area contributed by atoms with E-state index in [4.69, 9.17) is 18.0 Å². The van der Waals surface area contributed by atoms with E-state index in [9.17, 15) is 9.59 Å². The van der Waals surface area contributed by atoms with Crippen molar-refractivity contribution < 1.29 is 9.59 Å². The maximum absolute atomic E-state index is 13.2. The summed E-state index contributed by atoms with van der Waals surface area (Å²) < 4.78 is 0. The first-order valence-corrected chi connectivity index (χ1v) is 11.8. The summed E-state index contributed by atoms with van der Waals surface area (Å²) in [6, 6.07) is 0.275. The third kappa shape index (κ3) is 7.12. The van der Waals surface area contributed by atoms with Crippen LogP contribution in [0.5, 0.6) is 0 Å². The molecule has 0 N–H and O–H groups in total. The number of carbonyl (C=O) groups excluding carboxylic acids is 2. The van der Waals surface area contributed by atoms with E-state index in [-0.39, 0.29) is 23.9 Å². The normalized spacial score (nSPS) is 23.1. The van der Waals surface area contributed by atoms with Crippen LogP contribution < -0.4 is 0 Å². The van der Waals surface area contributed by atoms with Crippen molar-refractivity contribution in [3.63, 3.8) is 0 Å². The Morgan fingerprint density at radius 2 is 1.74 bits per heavy atom. The fraction of sp³-hybridized carbons (Fsp3) is 0.680. The molecule has 2 aliphatic rings. The Morgan fingerprint density at radius 1 is 1.10 bits per heavy atom. The molecular formula is C25H38ClN3O2. The quantitative estimate of drug-likeness (QED) is 0.458. The highest BCUT2D eigenvalue weighted by molar-refractivity contribution is 6.29. The minimum absolute atomic E-state index is 0.103. The Hall–Kier alpha value is -1.77. The van der Waals surface area contributed by atoms with Gasteiger partial charge in [-0.2, -0.15) is 0 Å². The lowest BCUT2D eigenvalue weighted by molar-refractivity contribution is -0.139. The molecule has 0 bridgehead atoms. The maximum Gasteiger partial charge on any atom is 0.223 e. The molecule has 0 radical (unpaired) electrons. The number of rotatable bonds is 6. The number of hydrogen-bond acceptors (Lipinski definition) is 3. The van der Waals surface area contributed by atoms with Gasteiger partial charge in [0.15, 0.2) is 0 Å². The molecule has 5 nitrogen and oxygen atoms in total. The van der Waals surface area contributed by atoms with Crippen molar-refractivity contribution in [2.45, 2.75) is 66.0 Å².